The molecule has 0 aliphatic heterocycles. The number of para-hydroxylation sites is 1. The van der Waals surface area contributed by atoms with Crippen LogP contribution in [0.4, 0.5) is 4.39 Å². The highest BCUT2D eigenvalue weighted by Gasteiger charge is 2.12. The summed E-state index contributed by atoms with van der Waals surface area (Å²) in [7, 11) is 4.90. The normalized spacial score (nSPS) is 10.3. The average molecular weight is 361 g/mol. The molecule has 26 heavy (non-hydrogen) atoms. The van der Waals surface area contributed by atoms with E-state index in [0.717, 1.165) is 17.1 Å². The topological polar surface area (TPSA) is 48.0 Å². The quantitative estimate of drug-likeness (QED) is 0.688. The molecule has 0 saturated heterocycles. The van der Waals surface area contributed by atoms with Crippen molar-refractivity contribution in [2.75, 3.05) is 34.4 Å². The molecular formula is C20H24FNO4. The minimum absolute atomic E-state index is 0.0213. The van der Waals surface area contributed by atoms with E-state index in [9.17, 15) is 9.18 Å². The molecule has 0 fully saturated rings. The van der Waals surface area contributed by atoms with Crippen molar-refractivity contribution in [2.45, 2.75) is 12.8 Å². The molecule has 0 unspecified atom stereocenters. The number of hydrogen-bond donors (Lipinski definition) is 0. The number of methoxy groups -OCH3 is 2. The van der Waals surface area contributed by atoms with Gasteiger partial charge in [0.25, 0.3) is 0 Å². The number of benzene rings is 2. The monoisotopic (exact) mass is 361 g/mol. The van der Waals surface area contributed by atoms with E-state index < -0.39 is 5.82 Å². The summed E-state index contributed by atoms with van der Waals surface area (Å²) in [6.45, 7) is 0.605. The molecule has 0 bridgehead atoms. The van der Waals surface area contributed by atoms with E-state index in [0.29, 0.717) is 19.4 Å². The third-order valence-corrected chi connectivity index (χ3v) is 4.04. The zero-order valence-electron chi connectivity index (χ0n) is 15.3. The van der Waals surface area contributed by atoms with Crippen LogP contribution in [0.1, 0.15) is 12.0 Å². The Morgan fingerprint density at radius 2 is 1.85 bits per heavy atom. The number of rotatable bonds is 9. The van der Waals surface area contributed by atoms with E-state index in [-0.39, 0.29) is 18.3 Å². The maximum absolute atomic E-state index is 13.5. The fourth-order valence-electron chi connectivity index (χ4n) is 2.49. The van der Waals surface area contributed by atoms with Crippen LogP contribution in [0.2, 0.25) is 0 Å². The molecule has 0 N–H and O–H groups in total. The van der Waals surface area contributed by atoms with Crippen molar-refractivity contribution in [3.05, 3.63) is 53.8 Å². The van der Waals surface area contributed by atoms with Gasteiger partial charge >= 0.3 is 0 Å². The maximum Gasteiger partial charge on any atom is 0.222 e. The van der Waals surface area contributed by atoms with Gasteiger partial charge in [0, 0.05) is 13.5 Å². The largest absolute Gasteiger partial charge is 0.497 e. The number of carbonyl (C=O) groups excluding carboxylic acids is 1. The highest BCUT2D eigenvalue weighted by Crippen LogP contribution is 2.25. The molecule has 140 valence electrons. The number of aryl methyl sites for hydroxylation is 1. The molecule has 2 aromatic carbocycles. The molecule has 5 nitrogen and oxygen atoms in total. The summed E-state index contributed by atoms with van der Waals surface area (Å²) >= 11 is 0. The number of amides is 1. The Kier molecular flexibility index (Phi) is 7.26. The SMILES string of the molecule is COc1ccc(OC)c(CCC(=O)N(C)CCOc2ccccc2F)c1. The molecule has 0 atom stereocenters. The Hall–Kier alpha value is -2.76. The van der Waals surface area contributed by atoms with Gasteiger partial charge in [0.2, 0.25) is 5.91 Å². The van der Waals surface area contributed by atoms with Crippen molar-refractivity contribution in [1.29, 1.82) is 0 Å². The molecule has 0 spiro atoms. The second kappa shape index (κ2) is 9.65. The van der Waals surface area contributed by atoms with Gasteiger partial charge in [-0.2, -0.15) is 0 Å². The smallest absolute Gasteiger partial charge is 0.222 e. The highest BCUT2D eigenvalue weighted by atomic mass is 19.1. The van der Waals surface area contributed by atoms with Crippen molar-refractivity contribution in [2.24, 2.45) is 0 Å². The molecule has 0 radical (unpaired) electrons. The first-order chi connectivity index (χ1) is 12.5. The zero-order chi connectivity index (χ0) is 18.9. The summed E-state index contributed by atoms with van der Waals surface area (Å²) in [5, 5.41) is 0. The lowest BCUT2D eigenvalue weighted by atomic mass is 10.1. The summed E-state index contributed by atoms with van der Waals surface area (Å²) < 4.78 is 29.4. The van der Waals surface area contributed by atoms with Gasteiger partial charge in [0.15, 0.2) is 11.6 Å². The molecular weight excluding hydrogens is 337 g/mol. The Bertz CT molecular complexity index is 736. The van der Waals surface area contributed by atoms with Crippen LogP contribution in [0.25, 0.3) is 0 Å². The first-order valence-corrected chi connectivity index (χ1v) is 8.37. The number of carbonyl (C=O) groups is 1. The van der Waals surface area contributed by atoms with E-state index in [1.165, 1.54) is 6.07 Å². The van der Waals surface area contributed by atoms with Crippen LogP contribution in [-0.2, 0) is 11.2 Å². The summed E-state index contributed by atoms with van der Waals surface area (Å²) in [4.78, 5) is 13.9. The minimum atomic E-state index is -0.411. The number of hydrogen-bond acceptors (Lipinski definition) is 4. The second-order valence-electron chi connectivity index (χ2n) is 5.77. The van der Waals surface area contributed by atoms with Crippen LogP contribution in [0.15, 0.2) is 42.5 Å². The van der Waals surface area contributed by atoms with Gasteiger partial charge in [-0.15, -0.1) is 0 Å². The van der Waals surface area contributed by atoms with Gasteiger partial charge in [-0.25, -0.2) is 4.39 Å². The van der Waals surface area contributed by atoms with E-state index in [1.807, 2.05) is 18.2 Å². The number of likely N-dealkylation sites (N-methyl/N-ethyl adjacent to an activating group) is 1. The first kappa shape index (κ1) is 19.6. The lowest BCUT2D eigenvalue weighted by molar-refractivity contribution is -0.130. The van der Waals surface area contributed by atoms with Crippen molar-refractivity contribution >= 4 is 5.91 Å². The minimum Gasteiger partial charge on any atom is -0.497 e. The Morgan fingerprint density at radius 1 is 1.08 bits per heavy atom. The van der Waals surface area contributed by atoms with Crippen molar-refractivity contribution in [3.63, 3.8) is 0 Å². The Balaban J connectivity index is 1.83. The fraction of sp³-hybridized carbons (Fsp3) is 0.350. The average Bonchev–Trinajstić information content (AvgIpc) is 2.67. The third-order valence-electron chi connectivity index (χ3n) is 4.04. The molecule has 0 aliphatic carbocycles. The fourth-order valence-corrected chi connectivity index (χ4v) is 2.49. The molecule has 6 heteroatoms. The molecule has 0 saturated carbocycles. The van der Waals surface area contributed by atoms with Crippen LogP contribution in [-0.4, -0.2) is 45.2 Å². The van der Waals surface area contributed by atoms with Crippen molar-refractivity contribution in [3.8, 4) is 17.2 Å². The number of halogens is 1. The number of ether oxygens (including phenoxy) is 3. The summed E-state index contributed by atoms with van der Waals surface area (Å²) in [5.74, 6) is 1.21. The standard InChI is InChI=1S/C20H24FNO4/c1-22(12-13-26-19-7-5-4-6-17(19)21)20(23)11-8-15-14-16(24-2)9-10-18(15)25-3/h4-7,9-10,14H,8,11-13H2,1-3H3. The van der Waals surface area contributed by atoms with Crippen LogP contribution >= 0.6 is 0 Å². The molecule has 0 heterocycles. The highest BCUT2D eigenvalue weighted by molar-refractivity contribution is 5.76. The van der Waals surface area contributed by atoms with E-state index in [4.69, 9.17) is 14.2 Å². The molecule has 1 amide bonds. The summed E-state index contributed by atoms with van der Waals surface area (Å²) in [6.07, 6.45) is 0.872. The van der Waals surface area contributed by atoms with Gasteiger partial charge in [-0.3, -0.25) is 4.79 Å². The maximum atomic E-state index is 13.5. The van der Waals surface area contributed by atoms with E-state index in [1.54, 1.807) is 44.4 Å². The Morgan fingerprint density at radius 3 is 2.54 bits per heavy atom. The third kappa shape index (κ3) is 5.37. The van der Waals surface area contributed by atoms with Crippen LogP contribution in [0.5, 0.6) is 17.2 Å². The van der Waals surface area contributed by atoms with Gasteiger partial charge in [0.05, 0.1) is 20.8 Å². The van der Waals surface area contributed by atoms with Gasteiger partial charge in [-0.1, -0.05) is 12.1 Å². The van der Waals surface area contributed by atoms with Crippen LogP contribution < -0.4 is 14.2 Å². The van der Waals surface area contributed by atoms with Crippen molar-refractivity contribution < 1.29 is 23.4 Å². The van der Waals surface area contributed by atoms with Gasteiger partial charge in [0.1, 0.15) is 18.1 Å². The zero-order valence-corrected chi connectivity index (χ0v) is 15.3. The lowest BCUT2D eigenvalue weighted by Crippen LogP contribution is -2.31. The van der Waals surface area contributed by atoms with E-state index in [2.05, 4.69) is 0 Å². The number of nitrogens with zero attached hydrogens (tertiary/aromatic N) is 1. The molecule has 0 aromatic heterocycles. The van der Waals surface area contributed by atoms with Crippen molar-refractivity contribution in [1.82, 2.24) is 4.90 Å². The van der Waals surface area contributed by atoms with Crippen LogP contribution in [0.3, 0.4) is 0 Å². The second-order valence-corrected chi connectivity index (χ2v) is 5.77. The predicted octanol–water partition coefficient (Wildman–Crippen LogP) is 3.31. The molecule has 0 aliphatic rings. The first-order valence-electron chi connectivity index (χ1n) is 8.37. The molecule has 2 aromatic rings. The predicted molar refractivity (Wildman–Crippen MR) is 97.4 cm³/mol. The van der Waals surface area contributed by atoms with Gasteiger partial charge < -0.3 is 19.1 Å². The summed E-state index contributed by atoms with van der Waals surface area (Å²) in [5.41, 5.74) is 0.913. The van der Waals surface area contributed by atoms with E-state index >= 15 is 0 Å². The molecule has 2 rings (SSSR count). The van der Waals surface area contributed by atoms with Gasteiger partial charge in [-0.05, 0) is 42.3 Å². The Labute approximate surface area is 153 Å². The lowest BCUT2D eigenvalue weighted by Gasteiger charge is -2.18. The summed E-state index contributed by atoms with van der Waals surface area (Å²) in [6, 6.07) is 11.7. The van der Waals surface area contributed by atoms with Crippen LogP contribution in [0, 0.1) is 5.82 Å².